The third kappa shape index (κ3) is 6.15. The summed E-state index contributed by atoms with van der Waals surface area (Å²) in [6.07, 6.45) is 0. The van der Waals surface area contributed by atoms with Crippen molar-refractivity contribution >= 4 is 17.5 Å². The van der Waals surface area contributed by atoms with E-state index in [4.69, 9.17) is 9.47 Å². The van der Waals surface area contributed by atoms with Crippen LogP contribution in [0.4, 0.5) is 14.5 Å². The minimum absolute atomic E-state index is 0.0234. The molecule has 0 radical (unpaired) electrons. The number of rotatable bonds is 7. The highest BCUT2D eigenvalue weighted by Crippen LogP contribution is 2.18. The van der Waals surface area contributed by atoms with Crippen molar-refractivity contribution in [2.45, 2.75) is 6.61 Å². The molecule has 1 aliphatic rings. The molecule has 0 bridgehead atoms. The van der Waals surface area contributed by atoms with E-state index in [1.54, 1.807) is 29.2 Å². The van der Waals surface area contributed by atoms with Gasteiger partial charge < -0.3 is 24.4 Å². The number of nitrogens with zero attached hydrogens (tertiary/aromatic N) is 1. The van der Waals surface area contributed by atoms with Gasteiger partial charge in [0, 0.05) is 24.3 Å². The van der Waals surface area contributed by atoms with Crippen LogP contribution >= 0.6 is 0 Å². The van der Waals surface area contributed by atoms with Gasteiger partial charge in [0.25, 0.3) is 11.8 Å². The SMILES string of the molecule is O=C(Nc1ccc(OCC(=O)N2CCOCC2)cc1)c1ccc(OC(F)F)cc1. The topological polar surface area (TPSA) is 77.1 Å². The first-order valence-corrected chi connectivity index (χ1v) is 8.96. The molecule has 1 N–H and O–H groups in total. The van der Waals surface area contributed by atoms with Crippen molar-refractivity contribution in [2.24, 2.45) is 0 Å². The van der Waals surface area contributed by atoms with E-state index in [2.05, 4.69) is 10.1 Å². The van der Waals surface area contributed by atoms with Crippen LogP contribution in [0, 0.1) is 0 Å². The Morgan fingerprint density at radius 3 is 2.24 bits per heavy atom. The lowest BCUT2D eigenvalue weighted by Gasteiger charge is -2.26. The summed E-state index contributed by atoms with van der Waals surface area (Å²) in [7, 11) is 0. The largest absolute Gasteiger partial charge is 0.484 e. The van der Waals surface area contributed by atoms with E-state index in [0.29, 0.717) is 43.3 Å². The monoisotopic (exact) mass is 406 g/mol. The summed E-state index contributed by atoms with van der Waals surface area (Å²) >= 11 is 0. The molecule has 2 amide bonds. The maximum Gasteiger partial charge on any atom is 0.387 e. The zero-order chi connectivity index (χ0) is 20.6. The molecule has 154 valence electrons. The van der Waals surface area contributed by atoms with Crippen molar-refractivity contribution in [3.05, 3.63) is 54.1 Å². The molecule has 0 spiro atoms. The van der Waals surface area contributed by atoms with E-state index in [9.17, 15) is 18.4 Å². The lowest BCUT2D eigenvalue weighted by molar-refractivity contribution is -0.137. The van der Waals surface area contributed by atoms with E-state index in [1.807, 2.05) is 0 Å². The van der Waals surface area contributed by atoms with Crippen molar-refractivity contribution in [3.8, 4) is 11.5 Å². The number of nitrogens with one attached hydrogen (secondary N) is 1. The van der Waals surface area contributed by atoms with Crippen LogP contribution in [0.5, 0.6) is 11.5 Å². The number of morpholine rings is 1. The Labute approximate surface area is 166 Å². The summed E-state index contributed by atoms with van der Waals surface area (Å²) in [6, 6.07) is 11.9. The van der Waals surface area contributed by atoms with Gasteiger partial charge in [-0.15, -0.1) is 0 Å². The van der Waals surface area contributed by atoms with Crippen LogP contribution in [0.25, 0.3) is 0 Å². The average molecular weight is 406 g/mol. The van der Waals surface area contributed by atoms with E-state index >= 15 is 0 Å². The molecule has 1 fully saturated rings. The van der Waals surface area contributed by atoms with E-state index < -0.39 is 12.5 Å². The first-order chi connectivity index (χ1) is 14.0. The first-order valence-electron chi connectivity index (χ1n) is 8.96. The zero-order valence-corrected chi connectivity index (χ0v) is 15.5. The lowest BCUT2D eigenvalue weighted by atomic mass is 10.2. The van der Waals surface area contributed by atoms with Gasteiger partial charge >= 0.3 is 6.61 Å². The van der Waals surface area contributed by atoms with Gasteiger partial charge in [0.2, 0.25) is 0 Å². The van der Waals surface area contributed by atoms with Crippen LogP contribution in [-0.2, 0) is 9.53 Å². The molecule has 3 rings (SSSR count). The molecular formula is C20H20F2N2O5. The molecular weight excluding hydrogens is 386 g/mol. The predicted molar refractivity (Wildman–Crippen MR) is 100 cm³/mol. The van der Waals surface area contributed by atoms with E-state index in [1.165, 1.54) is 24.3 Å². The molecule has 7 nitrogen and oxygen atoms in total. The number of carbonyl (C=O) groups excluding carboxylic acids is 2. The fourth-order valence-electron chi connectivity index (χ4n) is 2.67. The predicted octanol–water partition coefficient (Wildman–Crippen LogP) is 2.78. The standard InChI is InChI=1S/C20H20F2N2O5/c21-20(22)29-17-5-1-14(2-6-17)19(26)23-15-3-7-16(8-4-15)28-13-18(25)24-9-11-27-12-10-24/h1-8,20H,9-13H2,(H,23,26). The van der Waals surface area contributed by atoms with Crippen molar-refractivity contribution in [2.75, 3.05) is 38.2 Å². The quantitative estimate of drug-likeness (QED) is 0.765. The van der Waals surface area contributed by atoms with Gasteiger partial charge in [-0.25, -0.2) is 0 Å². The zero-order valence-electron chi connectivity index (χ0n) is 15.5. The van der Waals surface area contributed by atoms with Gasteiger partial charge in [0.05, 0.1) is 13.2 Å². The van der Waals surface area contributed by atoms with Gasteiger partial charge in [-0.3, -0.25) is 9.59 Å². The summed E-state index contributed by atoms with van der Waals surface area (Å²) in [6.45, 7) is -0.812. The van der Waals surface area contributed by atoms with Crippen LogP contribution in [0.1, 0.15) is 10.4 Å². The maximum absolute atomic E-state index is 12.2. The summed E-state index contributed by atoms with van der Waals surface area (Å²) in [5.41, 5.74) is 0.817. The van der Waals surface area contributed by atoms with Crippen molar-refractivity contribution in [1.82, 2.24) is 4.90 Å². The number of halogens is 2. The minimum Gasteiger partial charge on any atom is -0.484 e. The smallest absolute Gasteiger partial charge is 0.387 e. The second-order valence-electron chi connectivity index (χ2n) is 6.16. The fourth-order valence-corrected chi connectivity index (χ4v) is 2.67. The third-order valence-electron chi connectivity index (χ3n) is 4.18. The summed E-state index contributed by atoms with van der Waals surface area (Å²) in [5.74, 6) is -0.0301. The van der Waals surface area contributed by atoms with Crippen LogP contribution in [0.2, 0.25) is 0 Å². The van der Waals surface area contributed by atoms with Crippen molar-refractivity contribution in [1.29, 1.82) is 0 Å². The molecule has 0 aromatic heterocycles. The number of hydrogen-bond donors (Lipinski definition) is 1. The van der Waals surface area contributed by atoms with Gasteiger partial charge in [-0.2, -0.15) is 8.78 Å². The molecule has 29 heavy (non-hydrogen) atoms. The number of alkyl halides is 2. The normalized spacial score (nSPS) is 13.8. The third-order valence-corrected chi connectivity index (χ3v) is 4.18. The van der Waals surface area contributed by atoms with Crippen LogP contribution in [0.3, 0.4) is 0 Å². The molecule has 0 unspecified atom stereocenters. The highest BCUT2D eigenvalue weighted by atomic mass is 19.3. The summed E-state index contributed by atoms with van der Waals surface area (Å²) in [5, 5.41) is 2.69. The van der Waals surface area contributed by atoms with Crippen molar-refractivity contribution in [3.63, 3.8) is 0 Å². The Balaban J connectivity index is 1.49. The number of benzene rings is 2. The Morgan fingerprint density at radius 2 is 1.62 bits per heavy atom. The van der Waals surface area contributed by atoms with Crippen molar-refractivity contribution < 1.29 is 32.6 Å². The van der Waals surface area contributed by atoms with Crippen LogP contribution in [0.15, 0.2) is 48.5 Å². The number of hydrogen-bond acceptors (Lipinski definition) is 5. The molecule has 1 aliphatic heterocycles. The molecule has 1 saturated heterocycles. The number of carbonyl (C=O) groups is 2. The molecule has 9 heteroatoms. The van der Waals surface area contributed by atoms with E-state index in [0.717, 1.165) is 0 Å². The Kier molecular flexibility index (Phi) is 6.96. The molecule has 1 heterocycles. The van der Waals surface area contributed by atoms with Gasteiger partial charge in [-0.1, -0.05) is 0 Å². The highest BCUT2D eigenvalue weighted by Gasteiger charge is 2.17. The molecule has 0 aliphatic carbocycles. The molecule has 0 atom stereocenters. The molecule has 0 saturated carbocycles. The van der Waals surface area contributed by atoms with Crippen LogP contribution in [-0.4, -0.2) is 56.2 Å². The Hall–Kier alpha value is -3.20. The molecule has 2 aromatic rings. The second kappa shape index (κ2) is 9.83. The van der Waals surface area contributed by atoms with Crippen LogP contribution < -0.4 is 14.8 Å². The fraction of sp³-hybridized carbons (Fsp3) is 0.300. The van der Waals surface area contributed by atoms with E-state index in [-0.39, 0.29) is 18.3 Å². The number of anilines is 1. The number of amides is 2. The average Bonchev–Trinajstić information content (AvgIpc) is 2.73. The summed E-state index contributed by atoms with van der Waals surface area (Å²) in [4.78, 5) is 26.0. The first kappa shape index (κ1) is 20.5. The minimum atomic E-state index is -2.92. The van der Waals surface area contributed by atoms with Gasteiger partial charge in [0.1, 0.15) is 11.5 Å². The molecule has 2 aromatic carbocycles. The van der Waals surface area contributed by atoms with Gasteiger partial charge in [0.15, 0.2) is 6.61 Å². The maximum atomic E-state index is 12.2. The lowest BCUT2D eigenvalue weighted by Crippen LogP contribution is -2.42. The highest BCUT2D eigenvalue weighted by molar-refractivity contribution is 6.04. The number of ether oxygens (including phenoxy) is 3. The Bertz CT molecular complexity index is 822. The van der Waals surface area contributed by atoms with Gasteiger partial charge in [-0.05, 0) is 48.5 Å². The summed E-state index contributed by atoms with van der Waals surface area (Å²) < 4.78 is 39.3. The Morgan fingerprint density at radius 1 is 1.00 bits per heavy atom. The second-order valence-corrected chi connectivity index (χ2v) is 6.16.